The first-order valence-corrected chi connectivity index (χ1v) is 4.34. The lowest BCUT2D eigenvalue weighted by Crippen LogP contribution is -2.40. The van der Waals surface area contributed by atoms with Crippen molar-refractivity contribution in [3.8, 4) is 6.07 Å². The summed E-state index contributed by atoms with van der Waals surface area (Å²) in [6.07, 6.45) is 0. The fraction of sp³-hybridized carbons (Fsp3) is 0.300. The van der Waals surface area contributed by atoms with Crippen LogP contribution in [0.25, 0.3) is 0 Å². The van der Waals surface area contributed by atoms with Crippen molar-refractivity contribution in [2.45, 2.75) is 6.04 Å². The molecule has 1 aliphatic heterocycles. The Balaban J connectivity index is 2.23. The molecule has 4 heteroatoms. The number of hydrogen-bond acceptors (Lipinski definition) is 3. The summed E-state index contributed by atoms with van der Waals surface area (Å²) in [7, 11) is 0. The summed E-state index contributed by atoms with van der Waals surface area (Å²) in [4.78, 5) is 0. The molecule has 1 N–H and O–H groups in total. The van der Waals surface area contributed by atoms with Gasteiger partial charge < -0.3 is 10.1 Å². The number of nitrogens with one attached hydrogen (secondary N) is 1. The summed E-state index contributed by atoms with van der Waals surface area (Å²) in [5.74, 6) is -0.488. The second-order valence-corrected chi connectivity index (χ2v) is 3.15. The van der Waals surface area contributed by atoms with Crippen molar-refractivity contribution >= 4 is 5.69 Å². The minimum Gasteiger partial charge on any atom is -0.377 e. The third-order valence-electron chi connectivity index (χ3n) is 2.12. The fourth-order valence-electron chi connectivity index (χ4n) is 1.30. The molecule has 2 rings (SSSR count). The van der Waals surface area contributed by atoms with Crippen molar-refractivity contribution in [3.63, 3.8) is 0 Å². The average Bonchev–Trinajstić information content (AvgIpc) is 2.11. The molecule has 1 aliphatic rings. The van der Waals surface area contributed by atoms with Gasteiger partial charge in [-0.2, -0.15) is 5.26 Å². The van der Waals surface area contributed by atoms with Crippen LogP contribution in [-0.2, 0) is 4.74 Å². The fourth-order valence-corrected chi connectivity index (χ4v) is 1.30. The highest BCUT2D eigenvalue weighted by Gasteiger charge is 2.19. The Bertz CT molecular complexity index is 382. The molecule has 14 heavy (non-hydrogen) atoms. The molecule has 1 saturated heterocycles. The van der Waals surface area contributed by atoms with E-state index in [1.165, 1.54) is 6.07 Å². The molecule has 0 aromatic heterocycles. The van der Waals surface area contributed by atoms with E-state index in [0.29, 0.717) is 18.9 Å². The lowest BCUT2D eigenvalue weighted by atomic mass is 10.1. The number of ether oxygens (including phenoxy) is 1. The first-order valence-electron chi connectivity index (χ1n) is 4.34. The normalized spacial score (nSPS) is 15.7. The van der Waals surface area contributed by atoms with Gasteiger partial charge in [-0.3, -0.25) is 0 Å². The molecule has 0 unspecified atom stereocenters. The molecule has 0 amide bonds. The first-order chi connectivity index (χ1) is 6.81. The molecule has 0 radical (unpaired) electrons. The molecule has 0 saturated carbocycles. The van der Waals surface area contributed by atoms with Gasteiger partial charge in [-0.05, 0) is 12.1 Å². The standard InChI is InChI=1S/C10H9FN2O/c11-9-2-1-3-10(8(9)4-12)13-7-5-14-6-7/h1-3,7,13H,5-6H2. The highest BCUT2D eigenvalue weighted by atomic mass is 19.1. The maximum atomic E-state index is 13.1. The molecule has 1 aromatic rings. The molecule has 0 aliphatic carbocycles. The van der Waals surface area contributed by atoms with E-state index in [-0.39, 0.29) is 11.6 Å². The molecule has 72 valence electrons. The van der Waals surface area contributed by atoms with Crippen LogP contribution in [0.15, 0.2) is 18.2 Å². The van der Waals surface area contributed by atoms with Gasteiger partial charge >= 0.3 is 0 Å². The number of rotatable bonds is 2. The summed E-state index contributed by atoms with van der Waals surface area (Å²) < 4.78 is 18.1. The Kier molecular flexibility index (Phi) is 2.33. The summed E-state index contributed by atoms with van der Waals surface area (Å²) in [5, 5.41) is 11.8. The number of nitriles is 1. The SMILES string of the molecule is N#Cc1c(F)cccc1NC1COC1. The van der Waals surface area contributed by atoms with Gasteiger partial charge in [0.05, 0.1) is 24.9 Å². The highest BCUT2D eigenvalue weighted by Crippen LogP contribution is 2.20. The van der Waals surface area contributed by atoms with E-state index in [4.69, 9.17) is 10.00 Å². The van der Waals surface area contributed by atoms with Crippen LogP contribution in [0.1, 0.15) is 5.56 Å². The van der Waals surface area contributed by atoms with Gasteiger partial charge in [0.25, 0.3) is 0 Å². The van der Waals surface area contributed by atoms with Gasteiger partial charge in [0, 0.05) is 0 Å². The van der Waals surface area contributed by atoms with Crippen molar-refractivity contribution in [2.24, 2.45) is 0 Å². The van der Waals surface area contributed by atoms with Gasteiger partial charge in [0.2, 0.25) is 0 Å². The summed E-state index contributed by atoms with van der Waals surface area (Å²) in [5.41, 5.74) is 0.611. The Hall–Kier alpha value is -1.60. The van der Waals surface area contributed by atoms with Gasteiger partial charge in [-0.15, -0.1) is 0 Å². The summed E-state index contributed by atoms with van der Waals surface area (Å²) in [6.45, 7) is 1.22. The van der Waals surface area contributed by atoms with Crippen molar-refractivity contribution in [2.75, 3.05) is 18.5 Å². The zero-order valence-corrected chi connectivity index (χ0v) is 7.46. The average molecular weight is 192 g/mol. The van der Waals surface area contributed by atoms with E-state index in [9.17, 15) is 4.39 Å². The van der Waals surface area contributed by atoms with Crippen molar-refractivity contribution in [3.05, 3.63) is 29.6 Å². The summed E-state index contributed by atoms with van der Waals surface area (Å²) >= 11 is 0. The monoisotopic (exact) mass is 192 g/mol. The molecular formula is C10H9FN2O. The number of anilines is 1. The summed E-state index contributed by atoms with van der Waals surface area (Å²) in [6, 6.07) is 6.59. The van der Waals surface area contributed by atoms with Gasteiger partial charge in [0.15, 0.2) is 0 Å². The second kappa shape index (κ2) is 3.64. The van der Waals surface area contributed by atoms with Crippen LogP contribution in [-0.4, -0.2) is 19.3 Å². The molecule has 0 spiro atoms. The maximum absolute atomic E-state index is 13.1. The van der Waals surface area contributed by atoms with Gasteiger partial charge in [0.1, 0.15) is 17.4 Å². The Morgan fingerprint density at radius 1 is 1.50 bits per heavy atom. The number of benzene rings is 1. The Labute approximate surface area is 81.1 Å². The van der Waals surface area contributed by atoms with E-state index < -0.39 is 5.82 Å². The van der Waals surface area contributed by atoms with Gasteiger partial charge in [-0.25, -0.2) is 4.39 Å². The number of hydrogen-bond donors (Lipinski definition) is 1. The van der Waals surface area contributed by atoms with Crippen LogP contribution in [0.5, 0.6) is 0 Å². The van der Waals surface area contributed by atoms with E-state index >= 15 is 0 Å². The van der Waals surface area contributed by atoms with Gasteiger partial charge in [-0.1, -0.05) is 6.07 Å². The number of nitrogens with zero attached hydrogens (tertiary/aromatic N) is 1. The van der Waals surface area contributed by atoms with Crippen molar-refractivity contribution < 1.29 is 9.13 Å². The molecule has 3 nitrogen and oxygen atoms in total. The molecule has 1 aromatic carbocycles. The minimum absolute atomic E-state index is 0.0689. The zero-order valence-electron chi connectivity index (χ0n) is 7.46. The smallest absolute Gasteiger partial charge is 0.143 e. The Morgan fingerprint density at radius 3 is 2.86 bits per heavy atom. The van der Waals surface area contributed by atoms with E-state index in [1.54, 1.807) is 12.1 Å². The molecular weight excluding hydrogens is 183 g/mol. The van der Waals surface area contributed by atoms with Crippen LogP contribution in [0.3, 0.4) is 0 Å². The van der Waals surface area contributed by atoms with Crippen LogP contribution < -0.4 is 5.32 Å². The molecule has 0 bridgehead atoms. The maximum Gasteiger partial charge on any atom is 0.143 e. The predicted octanol–water partition coefficient (Wildman–Crippen LogP) is 1.51. The van der Waals surface area contributed by atoms with Crippen molar-refractivity contribution in [1.29, 1.82) is 5.26 Å². The Morgan fingerprint density at radius 2 is 2.29 bits per heavy atom. The predicted molar refractivity (Wildman–Crippen MR) is 49.3 cm³/mol. The largest absolute Gasteiger partial charge is 0.377 e. The van der Waals surface area contributed by atoms with Crippen LogP contribution >= 0.6 is 0 Å². The zero-order chi connectivity index (χ0) is 9.97. The molecule has 1 fully saturated rings. The number of halogens is 1. The third-order valence-corrected chi connectivity index (χ3v) is 2.12. The van der Waals surface area contributed by atoms with Crippen LogP contribution in [0.4, 0.5) is 10.1 Å². The van der Waals surface area contributed by atoms with E-state index in [2.05, 4.69) is 5.32 Å². The van der Waals surface area contributed by atoms with Crippen LogP contribution in [0, 0.1) is 17.1 Å². The quantitative estimate of drug-likeness (QED) is 0.772. The second-order valence-electron chi connectivity index (χ2n) is 3.15. The van der Waals surface area contributed by atoms with E-state index in [0.717, 1.165) is 0 Å². The van der Waals surface area contributed by atoms with E-state index in [1.807, 2.05) is 6.07 Å². The van der Waals surface area contributed by atoms with Crippen molar-refractivity contribution in [1.82, 2.24) is 0 Å². The third kappa shape index (κ3) is 1.54. The lowest BCUT2D eigenvalue weighted by Gasteiger charge is -2.28. The lowest BCUT2D eigenvalue weighted by molar-refractivity contribution is 0.0211. The molecule has 0 atom stereocenters. The highest BCUT2D eigenvalue weighted by molar-refractivity contribution is 5.58. The minimum atomic E-state index is -0.488. The first kappa shape index (κ1) is 8.97. The topological polar surface area (TPSA) is 45.0 Å². The van der Waals surface area contributed by atoms with Crippen LogP contribution in [0.2, 0.25) is 0 Å². The molecule has 1 heterocycles.